The maximum Gasteiger partial charge on any atom is 0.161 e. The van der Waals surface area contributed by atoms with E-state index in [4.69, 9.17) is 9.47 Å². The molecule has 0 fully saturated rings. The second-order valence-corrected chi connectivity index (χ2v) is 5.36. The largest absolute Gasteiger partial charge is 0.493 e. The van der Waals surface area contributed by atoms with Crippen LogP contribution in [0.4, 0.5) is 0 Å². The Morgan fingerprint density at radius 1 is 1.30 bits per heavy atom. The first-order valence-electron chi connectivity index (χ1n) is 7.18. The number of methoxy groups -OCH3 is 1. The summed E-state index contributed by atoms with van der Waals surface area (Å²) >= 11 is 0. The van der Waals surface area contributed by atoms with Crippen molar-refractivity contribution in [2.24, 2.45) is 0 Å². The van der Waals surface area contributed by atoms with Gasteiger partial charge in [0.2, 0.25) is 0 Å². The van der Waals surface area contributed by atoms with Crippen molar-refractivity contribution in [2.45, 2.75) is 39.2 Å². The molecule has 0 radical (unpaired) electrons. The number of hydrogen-bond donors (Lipinski definition) is 2. The quantitative estimate of drug-likeness (QED) is 0.683. The monoisotopic (exact) mass is 281 g/mol. The van der Waals surface area contributed by atoms with Gasteiger partial charge in [0.05, 0.1) is 20.3 Å². The molecular formula is C16H27NO3. The van der Waals surface area contributed by atoms with Crippen molar-refractivity contribution >= 4 is 0 Å². The van der Waals surface area contributed by atoms with Crippen LogP contribution in [0.15, 0.2) is 18.2 Å². The predicted molar refractivity (Wildman–Crippen MR) is 81.6 cm³/mol. The number of likely N-dealkylation sites (N-methyl/N-ethyl adjacent to an activating group) is 1. The second kappa shape index (κ2) is 8.12. The van der Waals surface area contributed by atoms with Crippen LogP contribution in [0.25, 0.3) is 0 Å². The van der Waals surface area contributed by atoms with Gasteiger partial charge in [0.15, 0.2) is 11.5 Å². The van der Waals surface area contributed by atoms with Gasteiger partial charge >= 0.3 is 0 Å². The summed E-state index contributed by atoms with van der Waals surface area (Å²) < 4.78 is 11.1. The van der Waals surface area contributed by atoms with Gasteiger partial charge < -0.3 is 19.9 Å². The Bertz CT molecular complexity index is 409. The third kappa shape index (κ3) is 5.02. The molecule has 0 heterocycles. The highest BCUT2D eigenvalue weighted by atomic mass is 16.5. The molecule has 1 unspecified atom stereocenters. The molecule has 4 heteroatoms. The van der Waals surface area contributed by atoms with E-state index in [0.29, 0.717) is 6.61 Å². The molecule has 2 N–H and O–H groups in total. The average Bonchev–Trinajstić information content (AvgIpc) is 2.45. The van der Waals surface area contributed by atoms with Crippen LogP contribution in [0, 0.1) is 6.92 Å². The number of benzene rings is 1. The van der Waals surface area contributed by atoms with E-state index in [1.807, 2.05) is 39.0 Å². The third-order valence-electron chi connectivity index (χ3n) is 3.40. The van der Waals surface area contributed by atoms with Crippen LogP contribution < -0.4 is 14.8 Å². The summed E-state index contributed by atoms with van der Waals surface area (Å²) in [6.07, 6.45) is 1.74. The molecule has 0 aliphatic rings. The number of nitrogens with one attached hydrogen (secondary N) is 1. The maximum atomic E-state index is 9.42. The second-order valence-electron chi connectivity index (χ2n) is 5.36. The molecule has 114 valence electrons. The van der Waals surface area contributed by atoms with Crippen molar-refractivity contribution < 1.29 is 14.6 Å². The first-order valence-corrected chi connectivity index (χ1v) is 7.18. The molecule has 0 aliphatic heterocycles. The zero-order chi connectivity index (χ0) is 15.0. The standard InChI is InChI=1S/C16H27NO3/c1-5-17-16(3,12-18)9-6-10-20-14-8-7-13(2)11-15(14)19-4/h7-8,11,17-18H,5-6,9-10,12H2,1-4H3. The van der Waals surface area contributed by atoms with E-state index in [2.05, 4.69) is 5.32 Å². The molecule has 1 aromatic rings. The Balaban J connectivity index is 2.45. The molecule has 0 bridgehead atoms. The van der Waals surface area contributed by atoms with Crippen LogP contribution >= 0.6 is 0 Å². The fourth-order valence-corrected chi connectivity index (χ4v) is 2.19. The van der Waals surface area contributed by atoms with E-state index >= 15 is 0 Å². The highest BCUT2D eigenvalue weighted by Crippen LogP contribution is 2.28. The number of aryl methyl sites for hydroxylation is 1. The molecule has 0 aliphatic carbocycles. The van der Waals surface area contributed by atoms with E-state index in [-0.39, 0.29) is 12.1 Å². The Morgan fingerprint density at radius 2 is 2.05 bits per heavy atom. The smallest absolute Gasteiger partial charge is 0.161 e. The van der Waals surface area contributed by atoms with Gasteiger partial charge in [-0.2, -0.15) is 0 Å². The molecule has 0 aromatic heterocycles. The molecule has 1 atom stereocenters. The van der Waals surface area contributed by atoms with E-state index < -0.39 is 0 Å². The number of rotatable bonds is 9. The molecule has 1 rings (SSSR count). The van der Waals surface area contributed by atoms with Crippen LogP contribution in [-0.2, 0) is 0 Å². The van der Waals surface area contributed by atoms with Crippen LogP contribution in [0.3, 0.4) is 0 Å². The zero-order valence-corrected chi connectivity index (χ0v) is 13.0. The lowest BCUT2D eigenvalue weighted by Crippen LogP contribution is -2.45. The first kappa shape index (κ1) is 16.8. The van der Waals surface area contributed by atoms with Crippen LogP contribution in [0.1, 0.15) is 32.3 Å². The van der Waals surface area contributed by atoms with Crippen LogP contribution in [0.2, 0.25) is 0 Å². The zero-order valence-electron chi connectivity index (χ0n) is 13.0. The normalized spacial score (nSPS) is 13.8. The molecular weight excluding hydrogens is 254 g/mol. The lowest BCUT2D eigenvalue weighted by Gasteiger charge is -2.28. The Hall–Kier alpha value is -1.26. The number of hydrogen-bond acceptors (Lipinski definition) is 4. The van der Waals surface area contributed by atoms with Gasteiger partial charge in [-0.1, -0.05) is 13.0 Å². The third-order valence-corrected chi connectivity index (χ3v) is 3.40. The lowest BCUT2D eigenvalue weighted by molar-refractivity contribution is 0.157. The molecule has 1 aromatic carbocycles. The Kier molecular flexibility index (Phi) is 6.82. The number of aliphatic hydroxyl groups is 1. The van der Waals surface area contributed by atoms with Crippen LogP contribution in [-0.4, -0.2) is 37.5 Å². The van der Waals surface area contributed by atoms with Gasteiger partial charge in [0.25, 0.3) is 0 Å². The van der Waals surface area contributed by atoms with Gasteiger partial charge in [-0.25, -0.2) is 0 Å². The number of ether oxygens (including phenoxy) is 2. The maximum absolute atomic E-state index is 9.42. The van der Waals surface area contributed by atoms with Crippen molar-refractivity contribution in [1.29, 1.82) is 0 Å². The van der Waals surface area contributed by atoms with Gasteiger partial charge in [-0.15, -0.1) is 0 Å². The van der Waals surface area contributed by atoms with Gasteiger partial charge in [0.1, 0.15) is 0 Å². The van der Waals surface area contributed by atoms with E-state index in [1.165, 1.54) is 0 Å². The van der Waals surface area contributed by atoms with Crippen molar-refractivity contribution in [3.8, 4) is 11.5 Å². The van der Waals surface area contributed by atoms with Crippen molar-refractivity contribution in [3.05, 3.63) is 23.8 Å². The summed E-state index contributed by atoms with van der Waals surface area (Å²) in [6, 6.07) is 5.91. The summed E-state index contributed by atoms with van der Waals surface area (Å²) in [5.41, 5.74) is 0.921. The Morgan fingerprint density at radius 3 is 2.65 bits per heavy atom. The molecule has 4 nitrogen and oxygen atoms in total. The summed E-state index contributed by atoms with van der Waals surface area (Å²) in [6.45, 7) is 7.69. The number of aliphatic hydroxyl groups excluding tert-OH is 1. The first-order chi connectivity index (χ1) is 9.54. The van der Waals surface area contributed by atoms with E-state index in [9.17, 15) is 5.11 Å². The Labute approximate surface area is 122 Å². The summed E-state index contributed by atoms with van der Waals surface area (Å²) in [7, 11) is 1.65. The minimum absolute atomic E-state index is 0.134. The summed E-state index contributed by atoms with van der Waals surface area (Å²) in [5.74, 6) is 1.54. The minimum atomic E-state index is -0.227. The van der Waals surface area contributed by atoms with Gasteiger partial charge in [-0.05, 0) is 50.9 Å². The lowest BCUT2D eigenvalue weighted by atomic mass is 9.97. The molecule has 20 heavy (non-hydrogen) atoms. The summed E-state index contributed by atoms with van der Waals surface area (Å²) in [4.78, 5) is 0. The van der Waals surface area contributed by atoms with Crippen LogP contribution in [0.5, 0.6) is 11.5 Å². The fourth-order valence-electron chi connectivity index (χ4n) is 2.19. The summed E-state index contributed by atoms with van der Waals surface area (Å²) in [5, 5.41) is 12.7. The van der Waals surface area contributed by atoms with Gasteiger partial charge in [0, 0.05) is 5.54 Å². The minimum Gasteiger partial charge on any atom is -0.493 e. The molecule has 0 saturated heterocycles. The molecule has 0 spiro atoms. The average molecular weight is 281 g/mol. The topological polar surface area (TPSA) is 50.7 Å². The van der Waals surface area contributed by atoms with Crippen molar-refractivity contribution in [3.63, 3.8) is 0 Å². The predicted octanol–water partition coefficient (Wildman–Crippen LogP) is 2.52. The highest BCUT2D eigenvalue weighted by Gasteiger charge is 2.21. The highest BCUT2D eigenvalue weighted by molar-refractivity contribution is 5.42. The van der Waals surface area contributed by atoms with Crippen molar-refractivity contribution in [1.82, 2.24) is 5.32 Å². The fraction of sp³-hybridized carbons (Fsp3) is 0.625. The van der Waals surface area contributed by atoms with E-state index in [1.54, 1.807) is 7.11 Å². The van der Waals surface area contributed by atoms with Gasteiger partial charge in [-0.3, -0.25) is 0 Å². The van der Waals surface area contributed by atoms with E-state index in [0.717, 1.165) is 36.4 Å². The SMILES string of the molecule is CCNC(C)(CO)CCCOc1ccc(C)cc1OC. The molecule has 0 amide bonds. The molecule has 0 saturated carbocycles. The van der Waals surface area contributed by atoms with Crippen molar-refractivity contribution in [2.75, 3.05) is 26.9 Å².